The molecule has 0 saturated heterocycles. The van der Waals surface area contributed by atoms with E-state index in [0.717, 1.165) is 27.1 Å². The minimum Gasteiger partial charge on any atom is -0.710 e. The highest BCUT2D eigenvalue weighted by atomic mass is 19.1. The van der Waals surface area contributed by atoms with Gasteiger partial charge in [-0.1, -0.05) is 0 Å². The molecular weight excluding hydrogens is 397 g/mol. The normalized spacial score (nSPS) is 11.5. The van der Waals surface area contributed by atoms with E-state index in [-0.39, 0.29) is 5.82 Å². The number of halogens is 1. The molecule has 8 heteroatoms. The number of fused-ring (bicyclic) bond motifs is 2. The molecule has 0 atom stereocenters. The third kappa shape index (κ3) is 2.69. The maximum atomic E-state index is 13.4. The van der Waals surface area contributed by atoms with Crippen LogP contribution in [0.1, 0.15) is 0 Å². The lowest BCUT2D eigenvalue weighted by molar-refractivity contribution is -0.564. The summed E-state index contributed by atoms with van der Waals surface area (Å²) in [5.74, 6) is 0.553. The average Bonchev–Trinajstić information content (AvgIpc) is 3.48. The predicted octanol–water partition coefficient (Wildman–Crippen LogP) is 4.58. The van der Waals surface area contributed by atoms with Gasteiger partial charge in [0.05, 0.1) is 11.3 Å². The Bertz CT molecular complexity index is 1550. The topological polar surface area (TPSA) is 86.1 Å². The Morgan fingerprint density at radius 3 is 2.55 bits per heavy atom. The van der Waals surface area contributed by atoms with Crippen molar-refractivity contribution in [3.05, 3.63) is 90.5 Å². The fourth-order valence-electron chi connectivity index (χ4n) is 3.83. The lowest BCUT2D eigenvalue weighted by Gasteiger charge is -2.05. The van der Waals surface area contributed by atoms with E-state index < -0.39 is 0 Å². The standard InChI is InChI=1S/C23H14FN5O2/c24-17-4-1-14(2-5-17)20-21(28-11-12-31-23(28)27-20)16-3-6-19-18(13-16)26-22(29(19)30)15-7-9-25-10-8-15/h1-13,26H. The van der Waals surface area contributed by atoms with E-state index >= 15 is 0 Å². The summed E-state index contributed by atoms with van der Waals surface area (Å²) in [4.78, 5) is 11.8. The fraction of sp³-hybridized carbons (Fsp3) is 0. The van der Waals surface area contributed by atoms with Crippen LogP contribution in [0.15, 0.2) is 83.9 Å². The number of rotatable bonds is 3. The van der Waals surface area contributed by atoms with Crippen LogP contribution < -0.4 is 4.73 Å². The Morgan fingerprint density at radius 2 is 1.74 bits per heavy atom. The van der Waals surface area contributed by atoms with Crippen molar-refractivity contribution in [1.82, 2.24) is 19.4 Å². The highest BCUT2D eigenvalue weighted by Gasteiger charge is 2.21. The Kier molecular flexibility index (Phi) is 3.66. The number of oxazole rings is 1. The van der Waals surface area contributed by atoms with E-state index in [0.29, 0.717) is 28.4 Å². The quantitative estimate of drug-likeness (QED) is 0.341. The zero-order valence-electron chi connectivity index (χ0n) is 16.0. The van der Waals surface area contributed by atoms with Crippen LogP contribution in [0.2, 0.25) is 0 Å². The summed E-state index contributed by atoms with van der Waals surface area (Å²) in [7, 11) is 0. The summed E-state index contributed by atoms with van der Waals surface area (Å²) >= 11 is 0. The van der Waals surface area contributed by atoms with Gasteiger partial charge in [0.15, 0.2) is 11.0 Å². The smallest absolute Gasteiger partial charge is 0.306 e. The van der Waals surface area contributed by atoms with E-state index in [1.807, 2.05) is 16.5 Å². The van der Waals surface area contributed by atoms with Crippen LogP contribution in [-0.4, -0.2) is 19.4 Å². The summed E-state index contributed by atoms with van der Waals surface area (Å²) in [6.45, 7) is 0. The number of H-pyrrole nitrogens is 1. The summed E-state index contributed by atoms with van der Waals surface area (Å²) in [6.07, 6.45) is 6.62. The highest BCUT2D eigenvalue weighted by Crippen LogP contribution is 2.34. The Hall–Kier alpha value is -4.46. The zero-order chi connectivity index (χ0) is 20.9. The van der Waals surface area contributed by atoms with Crippen molar-refractivity contribution >= 4 is 16.9 Å². The van der Waals surface area contributed by atoms with E-state index in [4.69, 9.17) is 4.42 Å². The van der Waals surface area contributed by atoms with E-state index in [1.165, 1.54) is 12.1 Å². The van der Waals surface area contributed by atoms with Crippen molar-refractivity contribution in [2.75, 3.05) is 0 Å². The van der Waals surface area contributed by atoms with Crippen LogP contribution in [0.3, 0.4) is 0 Å². The Balaban J connectivity index is 1.56. The molecule has 7 nitrogen and oxygen atoms in total. The van der Waals surface area contributed by atoms with Gasteiger partial charge in [0.25, 0.3) is 5.82 Å². The second-order valence-corrected chi connectivity index (χ2v) is 7.11. The number of nitrogens with zero attached hydrogens (tertiary/aromatic N) is 4. The number of aromatic amines is 1. The molecule has 0 saturated carbocycles. The molecule has 4 heterocycles. The monoisotopic (exact) mass is 411 g/mol. The third-order valence-electron chi connectivity index (χ3n) is 5.28. The molecule has 2 aromatic carbocycles. The molecule has 4 aromatic heterocycles. The van der Waals surface area contributed by atoms with Crippen molar-refractivity contribution in [2.24, 2.45) is 0 Å². The van der Waals surface area contributed by atoms with Gasteiger partial charge in [-0.2, -0.15) is 4.98 Å². The highest BCUT2D eigenvalue weighted by molar-refractivity contribution is 5.86. The molecule has 150 valence electrons. The van der Waals surface area contributed by atoms with Gasteiger partial charge in [-0.05, 0) is 54.6 Å². The van der Waals surface area contributed by atoms with E-state index in [2.05, 4.69) is 15.0 Å². The molecule has 0 spiro atoms. The second kappa shape index (κ2) is 6.53. The second-order valence-electron chi connectivity index (χ2n) is 7.11. The SMILES string of the molecule is [O-][n+]1c(-c2ccncc2)[nH]c2cc(-c3c(-c4ccc(F)cc4)nc4occn34)ccc21. The number of hydrogen-bond donors (Lipinski definition) is 1. The number of nitrogens with one attached hydrogen (secondary N) is 1. The third-order valence-corrected chi connectivity index (χ3v) is 5.28. The molecule has 0 aliphatic carbocycles. The van der Waals surface area contributed by atoms with E-state index in [9.17, 15) is 9.60 Å². The van der Waals surface area contributed by atoms with Crippen molar-refractivity contribution in [3.63, 3.8) is 0 Å². The molecule has 0 amide bonds. The van der Waals surface area contributed by atoms with E-state index in [1.54, 1.807) is 55.2 Å². The fourth-order valence-corrected chi connectivity index (χ4v) is 3.83. The van der Waals surface area contributed by atoms with Crippen LogP contribution in [0.5, 0.6) is 0 Å². The largest absolute Gasteiger partial charge is 0.710 e. The minimum atomic E-state index is -0.315. The van der Waals surface area contributed by atoms with Crippen LogP contribution in [-0.2, 0) is 0 Å². The molecule has 1 N–H and O–H groups in total. The molecule has 6 rings (SSSR count). The summed E-state index contributed by atoms with van der Waals surface area (Å²) in [5, 5.41) is 12.8. The molecule has 0 unspecified atom stereocenters. The van der Waals surface area contributed by atoms with Crippen LogP contribution >= 0.6 is 0 Å². The number of pyridine rings is 1. The molecule has 0 bridgehead atoms. The van der Waals surface area contributed by atoms with Gasteiger partial charge in [0.2, 0.25) is 0 Å². The lowest BCUT2D eigenvalue weighted by atomic mass is 10.0. The first kappa shape index (κ1) is 17.4. The number of benzene rings is 2. The summed E-state index contributed by atoms with van der Waals surface area (Å²) in [5.41, 5.74) is 5.00. The molecular formula is C23H14FN5O2. The first-order valence-corrected chi connectivity index (χ1v) is 9.56. The van der Waals surface area contributed by atoms with Crippen LogP contribution in [0, 0.1) is 11.0 Å². The van der Waals surface area contributed by atoms with Gasteiger partial charge >= 0.3 is 5.84 Å². The van der Waals surface area contributed by atoms with Crippen molar-refractivity contribution in [1.29, 1.82) is 0 Å². The predicted molar refractivity (Wildman–Crippen MR) is 112 cm³/mol. The first-order chi connectivity index (χ1) is 15.2. The van der Waals surface area contributed by atoms with Gasteiger partial charge in [-0.25, -0.2) is 14.1 Å². The van der Waals surface area contributed by atoms with Gasteiger partial charge < -0.3 is 9.62 Å². The molecule has 0 aliphatic rings. The Labute approximate surface area is 174 Å². The molecule has 0 aliphatic heterocycles. The molecule has 31 heavy (non-hydrogen) atoms. The van der Waals surface area contributed by atoms with Crippen molar-refractivity contribution < 1.29 is 13.5 Å². The van der Waals surface area contributed by atoms with Gasteiger partial charge in [0.1, 0.15) is 17.8 Å². The van der Waals surface area contributed by atoms with Crippen molar-refractivity contribution in [2.45, 2.75) is 0 Å². The number of aromatic nitrogens is 5. The van der Waals surface area contributed by atoms with Crippen molar-refractivity contribution in [3.8, 4) is 33.9 Å². The van der Waals surface area contributed by atoms with Gasteiger partial charge in [-0.3, -0.25) is 9.38 Å². The van der Waals surface area contributed by atoms with Gasteiger partial charge in [0, 0.05) is 29.7 Å². The number of hydrogen-bond acceptors (Lipinski definition) is 4. The molecule has 6 aromatic rings. The molecule has 0 fully saturated rings. The zero-order valence-corrected chi connectivity index (χ0v) is 16.0. The van der Waals surface area contributed by atoms with Gasteiger partial charge in [-0.15, -0.1) is 0 Å². The first-order valence-electron chi connectivity index (χ1n) is 9.56. The lowest BCUT2D eigenvalue weighted by Crippen LogP contribution is -2.26. The summed E-state index contributed by atoms with van der Waals surface area (Å²) < 4.78 is 21.6. The maximum absolute atomic E-state index is 13.4. The maximum Gasteiger partial charge on any atom is 0.306 e. The Morgan fingerprint density at radius 1 is 0.968 bits per heavy atom. The molecule has 0 radical (unpaired) electrons. The number of imidazole rings is 2. The summed E-state index contributed by atoms with van der Waals surface area (Å²) in [6, 6.07) is 15.2. The minimum absolute atomic E-state index is 0.315. The van der Waals surface area contributed by atoms with Crippen LogP contribution in [0.25, 0.3) is 50.8 Å². The van der Waals surface area contributed by atoms with Crippen LogP contribution in [0.4, 0.5) is 4.39 Å². The average molecular weight is 411 g/mol.